The van der Waals surface area contributed by atoms with Crippen LogP contribution in [0.4, 0.5) is 0 Å². The lowest BCUT2D eigenvalue weighted by Crippen LogP contribution is -3.16. The summed E-state index contributed by atoms with van der Waals surface area (Å²) in [5.74, 6) is -1.59. The van der Waals surface area contributed by atoms with Crippen molar-refractivity contribution in [3.63, 3.8) is 0 Å². The molecule has 0 radical (unpaired) electrons. The molecule has 1 heterocycles. The zero-order chi connectivity index (χ0) is 19.8. The van der Waals surface area contributed by atoms with E-state index >= 15 is 0 Å². The van der Waals surface area contributed by atoms with Crippen molar-refractivity contribution in [1.29, 1.82) is 21.2 Å². The summed E-state index contributed by atoms with van der Waals surface area (Å²) in [4.78, 5) is 1.33. The third-order valence-electron chi connectivity index (χ3n) is 5.96. The molecule has 6 heteroatoms. The molecule has 2 N–H and O–H groups in total. The molecule has 0 spiro atoms. The molecule has 1 aliphatic heterocycles. The number of rotatable bonds is 2. The maximum absolute atomic E-state index is 10.0. The van der Waals surface area contributed by atoms with Gasteiger partial charge in [0, 0.05) is 16.9 Å². The largest absolute Gasteiger partial charge is 0.329 e. The van der Waals surface area contributed by atoms with E-state index in [0.29, 0.717) is 23.2 Å². The highest BCUT2D eigenvalue weighted by Crippen LogP contribution is 2.53. The maximum atomic E-state index is 10.0. The monoisotopic (exact) mass is 378 g/mol. The molecule has 27 heavy (non-hydrogen) atoms. The number of quaternary nitrogens is 1. The molecule has 0 aromatic heterocycles. The van der Waals surface area contributed by atoms with Crippen LogP contribution in [-0.4, -0.2) is 24.8 Å². The predicted octanol–water partition coefficient (Wildman–Crippen LogP) is 2.48. The molecule has 1 aliphatic carbocycles. The summed E-state index contributed by atoms with van der Waals surface area (Å²) in [7, 11) is 0. The Morgan fingerprint density at radius 1 is 1.22 bits per heavy atom. The van der Waals surface area contributed by atoms with E-state index in [9.17, 15) is 15.8 Å². The van der Waals surface area contributed by atoms with Crippen LogP contribution < -0.4 is 4.90 Å². The highest BCUT2D eigenvalue weighted by Gasteiger charge is 2.59. The summed E-state index contributed by atoms with van der Waals surface area (Å²) < 4.78 is 0. The molecule has 0 bridgehead atoms. The van der Waals surface area contributed by atoms with E-state index in [1.807, 2.05) is 24.3 Å². The van der Waals surface area contributed by atoms with Crippen LogP contribution in [0.5, 0.6) is 0 Å². The van der Waals surface area contributed by atoms with Crippen molar-refractivity contribution in [2.24, 2.45) is 17.3 Å². The number of hydrogen-bond donors (Lipinski definition) is 2. The van der Waals surface area contributed by atoms with Crippen LogP contribution in [0.3, 0.4) is 0 Å². The van der Waals surface area contributed by atoms with Gasteiger partial charge >= 0.3 is 0 Å². The minimum Gasteiger partial charge on any atom is -0.329 e. The second-order valence-corrected chi connectivity index (χ2v) is 7.95. The zero-order valence-corrected chi connectivity index (χ0v) is 16.1. The summed E-state index contributed by atoms with van der Waals surface area (Å²) in [6, 6.07) is 14.0. The summed E-state index contributed by atoms with van der Waals surface area (Å²) in [5.41, 5.74) is -0.273. The highest BCUT2D eigenvalue weighted by molar-refractivity contribution is 6.31. The van der Waals surface area contributed by atoms with Gasteiger partial charge in [0.25, 0.3) is 0 Å². The van der Waals surface area contributed by atoms with E-state index in [-0.39, 0.29) is 11.6 Å². The summed E-state index contributed by atoms with van der Waals surface area (Å²) in [5, 5.41) is 38.9. The Hall–Kier alpha value is -2.65. The lowest BCUT2D eigenvalue weighted by molar-refractivity contribution is -0.920. The molecule has 0 saturated heterocycles. The van der Waals surface area contributed by atoms with Crippen LogP contribution >= 0.6 is 11.6 Å². The third kappa shape index (κ3) is 2.83. The fraction of sp³-hybridized carbons (Fsp3) is 0.429. The zero-order valence-electron chi connectivity index (χ0n) is 15.3. The van der Waals surface area contributed by atoms with Crippen molar-refractivity contribution in [3.05, 3.63) is 46.5 Å². The van der Waals surface area contributed by atoms with E-state index in [0.717, 1.165) is 12.1 Å². The molecule has 4 atom stereocenters. The standard InChI is InChI=1S/C21H20ClN5/c1-13(2)27-8-7-14-16(9-23)20(26)21(11-24,12-25)19(17(14)10-27)15-5-3-4-6-18(15)22/h3-7,13,16-17,19,26H,8,10H2,1-2H3/p+1/t16?,17-,19+/m1/s1. The summed E-state index contributed by atoms with van der Waals surface area (Å²) in [6.45, 7) is 5.74. The molecule has 1 aromatic carbocycles. The number of nitrogens with one attached hydrogen (secondary N) is 2. The number of hydrogen-bond acceptors (Lipinski definition) is 4. The fourth-order valence-corrected chi connectivity index (χ4v) is 4.72. The van der Waals surface area contributed by atoms with Gasteiger partial charge in [0.2, 0.25) is 0 Å². The van der Waals surface area contributed by atoms with Crippen LogP contribution in [0.25, 0.3) is 0 Å². The third-order valence-corrected chi connectivity index (χ3v) is 6.31. The summed E-state index contributed by atoms with van der Waals surface area (Å²) in [6.07, 6.45) is 2.04. The number of benzene rings is 1. The molecular weight excluding hydrogens is 358 g/mol. The summed E-state index contributed by atoms with van der Waals surface area (Å²) >= 11 is 6.47. The van der Waals surface area contributed by atoms with Crippen LogP contribution in [0.15, 0.2) is 35.9 Å². The van der Waals surface area contributed by atoms with Gasteiger partial charge in [0.15, 0.2) is 5.41 Å². The predicted molar refractivity (Wildman–Crippen MR) is 102 cm³/mol. The first-order valence-electron chi connectivity index (χ1n) is 9.01. The number of nitriles is 3. The molecule has 136 valence electrons. The molecule has 5 nitrogen and oxygen atoms in total. The van der Waals surface area contributed by atoms with Gasteiger partial charge in [-0.1, -0.05) is 29.8 Å². The lowest BCUT2D eigenvalue weighted by Gasteiger charge is -2.47. The van der Waals surface area contributed by atoms with Gasteiger partial charge in [-0.3, -0.25) is 0 Å². The normalized spacial score (nSPS) is 29.1. The topological polar surface area (TPSA) is 99.7 Å². The molecule has 0 amide bonds. The maximum Gasteiger partial charge on any atom is 0.190 e. The second-order valence-electron chi connectivity index (χ2n) is 7.54. The first kappa shape index (κ1) is 19.1. The molecule has 1 saturated carbocycles. The number of halogens is 1. The first-order chi connectivity index (χ1) is 12.9. The molecule has 1 fully saturated rings. The second kappa shape index (κ2) is 7.16. The Labute approximate surface area is 164 Å². The van der Waals surface area contributed by atoms with Crippen molar-refractivity contribution in [1.82, 2.24) is 0 Å². The Bertz CT molecular complexity index is 913. The Morgan fingerprint density at radius 3 is 2.44 bits per heavy atom. The van der Waals surface area contributed by atoms with E-state index in [1.165, 1.54) is 4.90 Å². The molecule has 2 unspecified atom stereocenters. The number of fused-ring (bicyclic) bond motifs is 1. The molecular formula is C21H21ClN5+. The van der Waals surface area contributed by atoms with Gasteiger partial charge in [-0.15, -0.1) is 0 Å². The van der Waals surface area contributed by atoms with E-state index < -0.39 is 17.3 Å². The quantitative estimate of drug-likeness (QED) is 0.773. The van der Waals surface area contributed by atoms with Gasteiger partial charge in [-0.25, -0.2) is 0 Å². The van der Waals surface area contributed by atoms with Crippen LogP contribution in [0.2, 0.25) is 5.02 Å². The van der Waals surface area contributed by atoms with Gasteiger partial charge < -0.3 is 10.3 Å². The van der Waals surface area contributed by atoms with Gasteiger partial charge in [0.05, 0.1) is 43.1 Å². The smallest absolute Gasteiger partial charge is 0.190 e. The minimum atomic E-state index is -1.70. The molecule has 2 aliphatic rings. The van der Waals surface area contributed by atoms with Gasteiger partial charge in [-0.2, -0.15) is 15.8 Å². The lowest BCUT2D eigenvalue weighted by atomic mass is 9.54. The van der Waals surface area contributed by atoms with E-state index in [2.05, 4.69) is 32.1 Å². The van der Waals surface area contributed by atoms with Gasteiger partial charge in [0.1, 0.15) is 5.92 Å². The van der Waals surface area contributed by atoms with E-state index in [4.69, 9.17) is 17.0 Å². The van der Waals surface area contributed by atoms with Gasteiger partial charge in [-0.05, 0) is 37.1 Å². The Balaban J connectivity index is 2.27. The Morgan fingerprint density at radius 2 is 1.89 bits per heavy atom. The Kier molecular flexibility index (Phi) is 5.07. The first-order valence-corrected chi connectivity index (χ1v) is 9.39. The molecule has 3 rings (SSSR count). The van der Waals surface area contributed by atoms with Crippen molar-refractivity contribution in [2.45, 2.75) is 25.8 Å². The van der Waals surface area contributed by atoms with Crippen molar-refractivity contribution >= 4 is 17.3 Å². The van der Waals surface area contributed by atoms with Crippen molar-refractivity contribution in [2.75, 3.05) is 13.1 Å². The average Bonchev–Trinajstić information content (AvgIpc) is 2.67. The van der Waals surface area contributed by atoms with Crippen LogP contribution in [-0.2, 0) is 0 Å². The fourth-order valence-electron chi connectivity index (χ4n) is 4.46. The highest BCUT2D eigenvalue weighted by atomic mass is 35.5. The van der Waals surface area contributed by atoms with Crippen LogP contribution in [0, 0.1) is 56.7 Å². The van der Waals surface area contributed by atoms with Crippen molar-refractivity contribution < 1.29 is 4.90 Å². The van der Waals surface area contributed by atoms with Crippen LogP contribution in [0.1, 0.15) is 25.3 Å². The molecule has 1 aromatic rings. The average molecular weight is 379 g/mol. The van der Waals surface area contributed by atoms with Crippen molar-refractivity contribution in [3.8, 4) is 18.2 Å². The SMILES string of the molecule is CC(C)[NH+]1CC=C2C(C#N)C(=N)C(C#N)(C#N)[C@@H](c3ccccc3Cl)[C@@H]2C1. The number of nitrogens with zero attached hydrogens (tertiary/aromatic N) is 3. The van der Waals surface area contributed by atoms with E-state index in [1.54, 1.807) is 6.07 Å². The minimum absolute atomic E-state index is 0.129.